The van der Waals surface area contributed by atoms with Gasteiger partial charge in [-0.3, -0.25) is 5.43 Å². The lowest BCUT2D eigenvalue weighted by molar-refractivity contribution is 0.0962. The Morgan fingerprint density at radius 2 is 2.25 bits per heavy atom. The van der Waals surface area contributed by atoms with Crippen LogP contribution < -0.4 is 5.43 Å². The van der Waals surface area contributed by atoms with Crippen molar-refractivity contribution in [2.75, 3.05) is 12.0 Å². The van der Waals surface area contributed by atoms with Crippen LogP contribution in [0.1, 0.15) is 46.7 Å². The highest BCUT2D eigenvalue weighted by molar-refractivity contribution is 7.19. The molecule has 1 fully saturated rings. The zero-order chi connectivity index (χ0) is 19.1. The van der Waals surface area contributed by atoms with Crippen molar-refractivity contribution in [3.8, 4) is 0 Å². The Kier molecular flexibility index (Phi) is 4.64. The van der Waals surface area contributed by atoms with Gasteiger partial charge in [-0.15, -0.1) is 11.3 Å². The van der Waals surface area contributed by atoms with E-state index in [1.54, 1.807) is 17.7 Å². The van der Waals surface area contributed by atoms with E-state index in [-0.39, 0.29) is 0 Å². The van der Waals surface area contributed by atoms with Gasteiger partial charge in [0.05, 0.1) is 17.7 Å². The lowest BCUT2D eigenvalue weighted by atomic mass is 10.2. The fourth-order valence-electron chi connectivity index (χ4n) is 4.41. The number of hydrazone groups is 1. The van der Waals surface area contributed by atoms with Crippen LogP contribution in [0.15, 0.2) is 17.5 Å². The maximum absolute atomic E-state index is 5.80. The molecule has 1 aliphatic carbocycles. The molecule has 1 N–H and O–H groups in total. The van der Waals surface area contributed by atoms with E-state index in [0.717, 1.165) is 54.0 Å². The van der Waals surface area contributed by atoms with Crippen LogP contribution in [0.25, 0.3) is 10.2 Å². The van der Waals surface area contributed by atoms with Gasteiger partial charge in [0.25, 0.3) is 0 Å². The molecule has 0 spiro atoms. The molecule has 5 rings (SSSR count). The first kappa shape index (κ1) is 17.8. The van der Waals surface area contributed by atoms with Crippen molar-refractivity contribution in [2.45, 2.75) is 58.6 Å². The van der Waals surface area contributed by atoms with E-state index in [2.05, 4.69) is 45.0 Å². The molecule has 0 radical (unpaired) electrons. The van der Waals surface area contributed by atoms with Crippen molar-refractivity contribution < 1.29 is 4.74 Å². The van der Waals surface area contributed by atoms with Crippen LogP contribution in [0.5, 0.6) is 0 Å². The van der Waals surface area contributed by atoms with Crippen LogP contribution in [0.4, 0.5) is 5.82 Å². The van der Waals surface area contributed by atoms with Crippen molar-refractivity contribution >= 4 is 33.6 Å². The Bertz CT molecular complexity index is 1040. The van der Waals surface area contributed by atoms with Crippen LogP contribution in [0.3, 0.4) is 0 Å². The Labute approximate surface area is 168 Å². The van der Waals surface area contributed by atoms with Crippen LogP contribution in [-0.2, 0) is 24.1 Å². The number of anilines is 1. The summed E-state index contributed by atoms with van der Waals surface area (Å²) in [6, 6.07) is 2.19. The normalized spacial score (nSPS) is 19.1. The zero-order valence-electron chi connectivity index (χ0n) is 16.4. The fraction of sp³-hybridized carbons (Fsp3) is 0.476. The number of aryl methyl sites for hydroxylation is 3. The van der Waals surface area contributed by atoms with Crippen LogP contribution in [-0.4, -0.2) is 33.5 Å². The molecule has 0 unspecified atom stereocenters. The van der Waals surface area contributed by atoms with Crippen LogP contribution >= 0.6 is 11.3 Å². The molecule has 3 aromatic heterocycles. The maximum Gasteiger partial charge on any atom is 0.158 e. The average molecular weight is 396 g/mol. The van der Waals surface area contributed by atoms with Crippen molar-refractivity contribution in [2.24, 2.45) is 5.10 Å². The summed E-state index contributed by atoms with van der Waals surface area (Å²) in [7, 11) is 0. The molecule has 7 heteroatoms. The number of nitrogens with one attached hydrogen (secondary N) is 1. The lowest BCUT2D eigenvalue weighted by Crippen LogP contribution is -2.16. The summed E-state index contributed by atoms with van der Waals surface area (Å²) in [6.45, 7) is 6.11. The predicted molar refractivity (Wildman–Crippen MR) is 114 cm³/mol. The minimum Gasteiger partial charge on any atom is -0.376 e. The van der Waals surface area contributed by atoms with Crippen molar-refractivity contribution in [3.63, 3.8) is 0 Å². The highest BCUT2D eigenvalue weighted by Crippen LogP contribution is 2.38. The molecular formula is C21H25N5OS. The molecule has 0 amide bonds. The number of fused-ring (bicyclic) bond motifs is 3. The van der Waals surface area contributed by atoms with Gasteiger partial charge >= 0.3 is 0 Å². The lowest BCUT2D eigenvalue weighted by Gasteiger charge is -2.14. The van der Waals surface area contributed by atoms with Crippen LogP contribution in [0, 0.1) is 13.8 Å². The van der Waals surface area contributed by atoms with E-state index in [4.69, 9.17) is 4.74 Å². The third kappa shape index (κ3) is 3.12. The van der Waals surface area contributed by atoms with E-state index in [9.17, 15) is 0 Å². The summed E-state index contributed by atoms with van der Waals surface area (Å²) in [5.74, 6) is 0.814. The van der Waals surface area contributed by atoms with Gasteiger partial charge < -0.3 is 9.30 Å². The maximum atomic E-state index is 5.80. The number of hydrogen-bond donors (Lipinski definition) is 1. The SMILES string of the molecule is Cc1cc(/C=N\Nc2ncnc3sc4c(c23)CCC4)c(C)n1C[C@@H]1CCCO1. The first-order chi connectivity index (χ1) is 13.7. The second kappa shape index (κ2) is 7.29. The first-order valence-electron chi connectivity index (χ1n) is 10.0. The van der Waals surface area contributed by atoms with Gasteiger partial charge in [0.15, 0.2) is 5.82 Å². The summed E-state index contributed by atoms with van der Waals surface area (Å²) in [4.78, 5) is 11.4. The summed E-state index contributed by atoms with van der Waals surface area (Å²) in [5, 5.41) is 5.66. The molecule has 0 bridgehead atoms. The smallest absolute Gasteiger partial charge is 0.158 e. The van der Waals surface area contributed by atoms with Gasteiger partial charge in [-0.25, -0.2) is 9.97 Å². The van der Waals surface area contributed by atoms with E-state index in [0.29, 0.717) is 6.10 Å². The molecule has 6 nitrogen and oxygen atoms in total. The van der Waals surface area contributed by atoms with Gasteiger partial charge in [-0.1, -0.05) is 0 Å². The Hall–Kier alpha value is -2.25. The molecule has 0 aromatic carbocycles. The zero-order valence-corrected chi connectivity index (χ0v) is 17.2. The number of hydrogen-bond acceptors (Lipinski definition) is 6. The van der Waals surface area contributed by atoms with Gasteiger partial charge in [-0.2, -0.15) is 5.10 Å². The minimum atomic E-state index is 0.336. The van der Waals surface area contributed by atoms with E-state index >= 15 is 0 Å². The summed E-state index contributed by atoms with van der Waals surface area (Å²) in [5.41, 5.74) is 8.18. The van der Waals surface area contributed by atoms with Crippen molar-refractivity contribution in [1.82, 2.24) is 14.5 Å². The summed E-state index contributed by atoms with van der Waals surface area (Å²) < 4.78 is 8.14. The molecule has 4 heterocycles. The molecule has 1 saturated heterocycles. The Balaban J connectivity index is 1.37. The predicted octanol–water partition coefficient (Wildman–Crippen LogP) is 4.22. The largest absolute Gasteiger partial charge is 0.376 e. The molecule has 0 saturated carbocycles. The molecule has 1 aliphatic heterocycles. The van der Waals surface area contributed by atoms with Crippen molar-refractivity contribution in [3.05, 3.63) is 39.8 Å². The average Bonchev–Trinajstić information content (AvgIpc) is 3.44. The van der Waals surface area contributed by atoms with Crippen LogP contribution in [0.2, 0.25) is 0 Å². The second-order valence-electron chi connectivity index (χ2n) is 7.70. The standard InChI is InChI=1S/C21H25N5OS/c1-13-9-15(14(2)26(13)11-16-5-4-8-27-16)10-24-25-20-19-17-6-3-7-18(17)28-21(19)23-12-22-20/h9-10,12,16H,3-8,11H2,1-2H3,(H,22,23,25)/b24-10-/t16-/m0/s1. The monoisotopic (exact) mass is 395 g/mol. The van der Waals surface area contributed by atoms with E-state index in [1.807, 2.05) is 6.21 Å². The molecule has 3 aromatic rings. The van der Waals surface area contributed by atoms with Gasteiger partial charge in [0.1, 0.15) is 11.2 Å². The highest BCUT2D eigenvalue weighted by atomic mass is 32.1. The topological polar surface area (TPSA) is 64.3 Å². The molecule has 1 atom stereocenters. The van der Waals surface area contributed by atoms with Gasteiger partial charge in [-0.05, 0) is 57.6 Å². The molecule has 28 heavy (non-hydrogen) atoms. The van der Waals surface area contributed by atoms with Gasteiger partial charge in [0, 0.05) is 35.0 Å². The third-order valence-electron chi connectivity index (χ3n) is 5.90. The highest BCUT2D eigenvalue weighted by Gasteiger charge is 2.21. The molecule has 2 aliphatic rings. The van der Waals surface area contributed by atoms with E-state index < -0.39 is 0 Å². The quantitative estimate of drug-likeness (QED) is 0.519. The van der Waals surface area contributed by atoms with Gasteiger partial charge in [0.2, 0.25) is 0 Å². The van der Waals surface area contributed by atoms with Crippen molar-refractivity contribution in [1.29, 1.82) is 0 Å². The number of rotatable bonds is 5. The summed E-state index contributed by atoms with van der Waals surface area (Å²) >= 11 is 1.79. The number of ether oxygens (including phenoxy) is 1. The Morgan fingerprint density at radius 3 is 3.11 bits per heavy atom. The number of thiophene rings is 1. The Morgan fingerprint density at radius 1 is 1.32 bits per heavy atom. The fourth-order valence-corrected chi connectivity index (χ4v) is 5.64. The number of nitrogens with zero attached hydrogens (tertiary/aromatic N) is 4. The first-order valence-corrected chi connectivity index (χ1v) is 10.8. The molecular weight excluding hydrogens is 370 g/mol. The minimum absolute atomic E-state index is 0.336. The second-order valence-corrected chi connectivity index (χ2v) is 8.79. The third-order valence-corrected chi connectivity index (χ3v) is 7.10. The summed E-state index contributed by atoms with van der Waals surface area (Å²) in [6.07, 6.45) is 9.68. The van der Waals surface area contributed by atoms with E-state index in [1.165, 1.54) is 34.7 Å². The molecule has 146 valence electrons. The number of aromatic nitrogens is 3.